The Labute approximate surface area is 199 Å². The van der Waals surface area contributed by atoms with E-state index in [1.165, 1.54) is 9.58 Å². The molecule has 180 valence electrons. The van der Waals surface area contributed by atoms with E-state index in [0.717, 1.165) is 0 Å². The molecule has 34 heavy (non-hydrogen) atoms. The average Bonchev–Trinajstić information content (AvgIpc) is 3.00. The number of aliphatic carboxylic acids is 1. The Kier molecular flexibility index (Phi) is 7.36. The molecule has 0 aliphatic heterocycles. The van der Waals surface area contributed by atoms with Gasteiger partial charge in [0, 0.05) is 27.6 Å². The van der Waals surface area contributed by atoms with E-state index in [9.17, 15) is 19.8 Å². The Morgan fingerprint density at radius 3 is 2.38 bits per heavy atom. The molecule has 3 rings (SSSR count). The van der Waals surface area contributed by atoms with Crippen molar-refractivity contribution in [2.24, 2.45) is 7.05 Å². The van der Waals surface area contributed by atoms with Gasteiger partial charge in [-0.1, -0.05) is 23.7 Å². The van der Waals surface area contributed by atoms with Crippen molar-refractivity contribution in [3.8, 4) is 11.8 Å². The molecule has 4 N–H and O–H groups in total. The van der Waals surface area contributed by atoms with Crippen LogP contribution < -0.4 is 15.4 Å². The summed E-state index contributed by atoms with van der Waals surface area (Å²) in [6.07, 6.45) is -0.473. The summed E-state index contributed by atoms with van der Waals surface area (Å²) in [5.74, 6) is -1.05. The first-order valence-electron chi connectivity index (χ1n) is 9.92. The van der Waals surface area contributed by atoms with Gasteiger partial charge in [0.1, 0.15) is 17.5 Å². The zero-order valence-corrected chi connectivity index (χ0v) is 19.5. The van der Waals surface area contributed by atoms with Crippen molar-refractivity contribution in [3.63, 3.8) is 0 Å². The largest absolute Gasteiger partial charge is 0.480 e. The minimum Gasteiger partial charge on any atom is -0.480 e. The lowest BCUT2D eigenvalue weighted by molar-refractivity contribution is -0.137. The maximum Gasteiger partial charge on any atom is 0.414 e. The maximum atomic E-state index is 11.8. The standard InChI is InChI=1S/C20H23ClN8O5/c1-10-14(15(21)29(4)27-10)23-18-24-17(25-19(32)26-18)22-13(16(30)31)9-11-5-7-12(8-6-11)34-20(33)28(2)3/h5-8,13H,9H2,1-4H3,(H,30,31)(H3,22,23,24,25,26,32)/t13-/m0/s1. The van der Waals surface area contributed by atoms with Gasteiger partial charge in [0.15, 0.2) is 5.15 Å². The molecule has 0 aliphatic carbocycles. The number of hydrogen-bond acceptors (Lipinski definition) is 10. The van der Waals surface area contributed by atoms with Crippen LogP contribution in [0.4, 0.5) is 22.4 Å². The second kappa shape index (κ2) is 10.2. The van der Waals surface area contributed by atoms with Crippen LogP contribution in [0.5, 0.6) is 11.8 Å². The number of carboxylic acids is 1. The van der Waals surface area contributed by atoms with Gasteiger partial charge in [0.2, 0.25) is 11.9 Å². The Morgan fingerprint density at radius 2 is 1.82 bits per heavy atom. The van der Waals surface area contributed by atoms with Gasteiger partial charge in [-0.05, 0) is 24.6 Å². The summed E-state index contributed by atoms with van der Waals surface area (Å²) in [6, 6.07) is 4.66. The molecule has 14 heteroatoms. The number of carbonyl (C=O) groups excluding carboxylic acids is 1. The van der Waals surface area contributed by atoms with Crippen LogP contribution in [0.25, 0.3) is 0 Å². The highest BCUT2D eigenvalue weighted by atomic mass is 35.5. The zero-order chi connectivity index (χ0) is 25.0. The number of carbonyl (C=O) groups is 2. The van der Waals surface area contributed by atoms with Crippen LogP contribution in [0.15, 0.2) is 24.3 Å². The summed E-state index contributed by atoms with van der Waals surface area (Å²) in [5, 5.41) is 29.6. The Morgan fingerprint density at radius 1 is 1.18 bits per heavy atom. The predicted octanol–water partition coefficient (Wildman–Crippen LogP) is 2.18. The van der Waals surface area contributed by atoms with Gasteiger partial charge < -0.3 is 30.5 Å². The normalized spacial score (nSPS) is 11.6. The van der Waals surface area contributed by atoms with Crippen molar-refractivity contribution in [2.45, 2.75) is 19.4 Å². The number of halogens is 1. The molecule has 0 bridgehead atoms. The van der Waals surface area contributed by atoms with Crippen LogP contribution in [0.1, 0.15) is 11.3 Å². The number of aromatic nitrogens is 5. The highest BCUT2D eigenvalue weighted by Crippen LogP contribution is 2.27. The van der Waals surface area contributed by atoms with Crippen LogP contribution in [-0.4, -0.2) is 72.0 Å². The third kappa shape index (κ3) is 6.01. The number of aryl methyl sites for hydroxylation is 2. The Bertz CT molecular complexity index is 1200. The molecule has 1 atom stereocenters. The summed E-state index contributed by atoms with van der Waals surface area (Å²) < 4.78 is 6.60. The highest BCUT2D eigenvalue weighted by molar-refractivity contribution is 6.32. The number of benzene rings is 1. The molecule has 0 spiro atoms. The van der Waals surface area contributed by atoms with E-state index in [-0.39, 0.29) is 18.3 Å². The first-order chi connectivity index (χ1) is 16.0. The van der Waals surface area contributed by atoms with Crippen LogP contribution in [-0.2, 0) is 18.3 Å². The van der Waals surface area contributed by atoms with E-state index >= 15 is 0 Å². The van der Waals surface area contributed by atoms with Crippen LogP contribution in [0, 0.1) is 6.92 Å². The van der Waals surface area contributed by atoms with E-state index in [2.05, 4.69) is 30.7 Å². The van der Waals surface area contributed by atoms with Crippen molar-refractivity contribution in [3.05, 3.63) is 40.7 Å². The fraction of sp³-hybridized carbons (Fsp3) is 0.300. The van der Waals surface area contributed by atoms with Crippen molar-refractivity contribution in [1.29, 1.82) is 0 Å². The molecule has 1 aromatic carbocycles. The molecule has 1 amide bonds. The number of carboxylic acid groups (broad SMARTS) is 1. The lowest BCUT2D eigenvalue weighted by Gasteiger charge is -2.16. The summed E-state index contributed by atoms with van der Waals surface area (Å²) in [7, 11) is 4.78. The van der Waals surface area contributed by atoms with Crippen LogP contribution in [0.3, 0.4) is 0 Å². The maximum absolute atomic E-state index is 11.8. The smallest absolute Gasteiger partial charge is 0.414 e. The number of aromatic hydroxyl groups is 1. The number of amides is 1. The van der Waals surface area contributed by atoms with E-state index in [4.69, 9.17) is 16.3 Å². The van der Waals surface area contributed by atoms with E-state index in [0.29, 0.717) is 27.8 Å². The monoisotopic (exact) mass is 490 g/mol. The van der Waals surface area contributed by atoms with Crippen molar-refractivity contribution in [1.82, 2.24) is 29.6 Å². The number of ether oxygens (including phenoxy) is 1. The van der Waals surface area contributed by atoms with Gasteiger partial charge >= 0.3 is 18.1 Å². The third-order valence-corrected chi connectivity index (χ3v) is 4.98. The van der Waals surface area contributed by atoms with Gasteiger partial charge in [-0.15, -0.1) is 0 Å². The minimum absolute atomic E-state index is 0.0517. The number of nitrogens with one attached hydrogen (secondary N) is 2. The van der Waals surface area contributed by atoms with Crippen molar-refractivity contribution in [2.75, 3.05) is 24.7 Å². The minimum atomic E-state index is -1.16. The Balaban J connectivity index is 1.74. The lowest BCUT2D eigenvalue weighted by atomic mass is 10.1. The van der Waals surface area contributed by atoms with Crippen LogP contribution >= 0.6 is 11.6 Å². The fourth-order valence-electron chi connectivity index (χ4n) is 2.85. The second-order valence-corrected chi connectivity index (χ2v) is 7.79. The summed E-state index contributed by atoms with van der Waals surface area (Å²) in [5.41, 5.74) is 1.66. The molecule has 0 saturated heterocycles. The molecular weight excluding hydrogens is 468 g/mol. The van der Waals surface area contributed by atoms with Gasteiger partial charge in [-0.3, -0.25) is 4.68 Å². The van der Waals surface area contributed by atoms with Gasteiger partial charge in [0.25, 0.3) is 0 Å². The summed E-state index contributed by atoms with van der Waals surface area (Å²) in [6.45, 7) is 1.72. The third-order valence-electron chi connectivity index (χ3n) is 4.55. The number of anilines is 3. The molecule has 0 unspecified atom stereocenters. The summed E-state index contributed by atoms with van der Waals surface area (Å²) >= 11 is 6.19. The number of hydrogen-bond donors (Lipinski definition) is 4. The quantitative estimate of drug-likeness (QED) is 0.365. The molecule has 0 saturated carbocycles. The van der Waals surface area contributed by atoms with Gasteiger partial charge in [-0.25, -0.2) is 9.59 Å². The fourth-order valence-corrected chi connectivity index (χ4v) is 3.07. The van der Waals surface area contributed by atoms with Crippen LogP contribution in [0.2, 0.25) is 5.15 Å². The van der Waals surface area contributed by atoms with E-state index in [1.807, 2.05) is 0 Å². The first kappa shape index (κ1) is 24.5. The molecule has 2 heterocycles. The van der Waals surface area contributed by atoms with Gasteiger partial charge in [-0.2, -0.15) is 20.1 Å². The predicted molar refractivity (Wildman–Crippen MR) is 123 cm³/mol. The average molecular weight is 491 g/mol. The highest BCUT2D eigenvalue weighted by Gasteiger charge is 2.21. The molecule has 0 aliphatic rings. The molecule has 0 fully saturated rings. The summed E-state index contributed by atoms with van der Waals surface area (Å²) in [4.78, 5) is 36.4. The van der Waals surface area contributed by atoms with E-state index < -0.39 is 24.1 Å². The molecule has 0 radical (unpaired) electrons. The second-order valence-electron chi connectivity index (χ2n) is 7.43. The van der Waals surface area contributed by atoms with Gasteiger partial charge in [0.05, 0.1) is 5.69 Å². The molecular formula is C20H23ClN8O5. The zero-order valence-electron chi connectivity index (χ0n) is 18.8. The van der Waals surface area contributed by atoms with Crippen molar-refractivity contribution < 1.29 is 24.5 Å². The number of nitrogens with zero attached hydrogens (tertiary/aromatic N) is 6. The van der Waals surface area contributed by atoms with Crippen molar-refractivity contribution >= 4 is 41.2 Å². The van der Waals surface area contributed by atoms with E-state index in [1.54, 1.807) is 52.3 Å². The first-order valence-corrected chi connectivity index (χ1v) is 10.3. The molecule has 2 aromatic heterocycles. The molecule has 3 aromatic rings. The SMILES string of the molecule is Cc1nn(C)c(Cl)c1Nc1nc(O)nc(N[C@@H](Cc2ccc(OC(=O)N(C)C)cc2)C(=O)O)n1. The Hall–Kier alpha value is -4.13. The number of rotatable bonds is 8. The molecule has 13 nitrogen and oxygen atoms in total. The lowest BCUT2D eigenvalue weighted by Crippen LogP contribution is -2.32. The topological polar surface area (TPSA) is 168 Å².